The maximum Gasteiger partial charge on any atom is 0.274 e. The van der Waals surface area contributed by atoms with Crippen molar-refractivity contribution in [3.05, 3.63) is 62.8 Å². The lowest BCUT2D eigenvalue weighted by Crippen LogP contribution is -2.52. The second-order valence-electron chi connectivity index (χ2n) is 9.83. The van der Waals surface area contributed by atoms with Gasteiger partial charge in [0.15, 0.2) is 11.4 Å². The normalized spacial score (nSPS) is 27.9. The Morgan fingerprint density at radius 1 is 1.19 bits per heavy atom. The first-order valence-corrected chi connectivity index (χ1v) is 11.6. The molecule has 36 heavy (non-hydrogen) atoms. The predicted octanol–water partition coefficient (Wildman–Crippen LogP) is 2.21. The van der Waals surface area contributed by atoms with Gasteiger partial charge in [0.2, 0.25) is 5.43 Å². The highest BCUT2D eigenvalue weighted by atomic mass is 19.1. The average molecular weight is 506 g/mol. The molecule has 12 heteroatoms. The van der Waals surface area contributed by atoms with E-state index in [1.807, 2.05) is 13.8 Å². The number of rotatable bonds is 3. The molecular formula is C24H25F3N4O5. The number of carbonyl (C=O) groups excluding carboxylic acids is 2. The van der Waals surface area contributed by atoms with Crippen LogP contribution in [0, 0.1) is 17.5 Å². The number of hydrogen-bond acceptors (Lipinski definition) is 6. The largest absolute Gasteiger partial charge is 0.503 e. The number of nitrogens with zero attached hydrogens (tertiary/aromatic N) is 3. The minimum absolute atomic E-state index is 0.160. The van der Waals surface area contributed by atoms with Gasteiger partial charge in [0.1, 0.15) is 28.6 Å². The first-order valence-electron chi connectivity index (χ1n) is 11.6. The summed E-state index contributed by atoms with van der Waals surface area (Å²) in [5.41, 5.74) is 2.24. The number of amides is 2. The fraction of sp³-hybridized carbons (Fsp3) is 0.458. The van der Waals surface area contributed by atoms with E-state index in [-0.39, 0.29) is 36.4 Å². The zero-order valence-electron chi connectivity index (χ0n) is 19.6. The molecule has 1 unspecified atom stereocenters. The number of nitrogens with two attached hydrogens (primary N) is 1. The molecule has 2 bridgehead atoms. The van der Waals surface area contributed by atoms with Crippen LogP contribution in [0.4, 0.5) is 13.2 Å². The SMILES string of the molecule is CC1C[C@]2(CC[C@H](C)N3C[C@H]2n2cc(C(N)=O)c(=O)c(O)c2C3=O)ON1Cc1c(F)cc(F)cc1F. The Labute approximate surface area is 203 Å². The van der Waals surface area contributed by atoms with E-state index in [0.717, 1.165) is 0 Å². The number of benzene rings is 1. The van der Waals surface area contributed by atoms with Crippen molar-refractivity contribution in [2.24, 2.45) is 5.73 Å². The zero-order valence-corrected chi connectivity index (χ0v) is 19.6. The molecule has 2 amide bonds. The van der Waals surface area contributed by atoms with Crippen LogP contribution in [-0.2, 0) is 11.4 Å². The van der Waals surface area contributed by atoms with E-state index < -0.39 is 57.7 Å². The summed E-state index contributed by atoms with van der Waals surface area (Å²) in [6, 6.07) is -0.0183. The van der Waals surface area contributed by atoms with Crippen molar-refractivity contribution in [1.82, 2.24) is 14.5 Å². The quantitative estimate of drug-likeness (QED) is 0.659. The number of hydroxylamine groups is 2. The summed E-state index contributed by atoms with van der Waals surface area (Å²) >= 11 is 0. The minimum Gasteiger partial charge on any atom is -0.503 e. The maximum atomic E-state index is 14.4. The van der Waals surface area contributed by atoms with Gasteiger partial charge in [-0.15, -0.1) is 0 Å². The average Bonchev–Trinajstić information content (AvgIpc) is 3.06. The lowest BCUT2D eigenvalue weighted by Gasteiger charge is -2.42. The lowest BCUT2D eigenvalue weighted by atomic mass is 9.84. The van der Waals surface area contributed by atoms with E-state index >= 15 is 0 Å². The fourth-order valence-corrected chi connectivity index (χ4v) is 5.70. The van der Waals surface area contributed by atoms with Crippen molar-refractivity contribution in [2.75, 3.05) is 6.54 Å². The molecule has 4 atom stereocenters. The van der Waals surface area contributed by atoms with Gasteiger partial charge in [-0.25, -0.2) is 13.2 Å². The number of pyridine rings is 1. The molecule has 4 heterocycles. The van der Waals surface area contributed by atoms with Crippen LogP contribution in [0.25, 0.3) is 0 Å². The fourth-order valence-electron chi connectivity index (χ4n) is 5.70. The van der Waals surface area contributed by atoms with E-state index in [2.05, 4.69) is 0 Å². The number of halogens is 3. The molecule has 3 aliphatic rings. The van der Waals surface area contributed by atoms with E-state index in [9.17, 15) is 32.7 Å². The Morgan fingerprint density at radius 2 is 1.86 bits per heavy atom. The molecule has 3 aliphatic heterocycles. The van der Waals surface area contributed by atoms with E-state index in [0.29, 0.717) is 31.4 Å². The molecule has 1 spiro atoms. The van der Waals surface area contributed by atoms with Gasteiger partial charge in [0.25, 0.3) is 11.8 Å². The Hall–Kier alpha value is -3.38. The van der Waals surface area contributed by atoms with Gasteiger partial charge >= 0.3 is 0 Å². The Morgan fingerprint density at radius 3 is 2.50 bits per heavy atom. The molecule has 2 saturated heterocycles. The molecule has 0 radical (unpaired) electrons. The highest BCUT2D eigenvalue weighted by molar-refractivity contribution is 5.99. The summed E-state index contributed by atoms with van der Waals surface area (Å²) in [6.07, 6.45) is 2.52. The van der Waals surface area contributed by atoms with Crippen LogP contribution in [0.5, 0.6) is 5.75 Å². The number of hydrogen-bond donors (Lipinski definition) is 2. The molecule has 192 valence electrons. The Bertz CT molecular complexity index is 1320. The Balaban J connectivity index is 1.60. The molecule has 2 aromatic rings. The molecule has 9 nitrogen and oxygen atoms in total. The number of primary amides is 1. The molecule has 0 aliphatic carbocycles. The monoisotopic (exact) mass is 506 g/mol. The van der Waals surface area contributed by atoms with Gasteiger partial charge in [-0.1, -0.05) is 0 Å². The van der Waals surface area contributed by atoms with Gasteiger partial charge in [-0.05, 0) is 33.1 Å². The molecule has 2 fully saturated rings. The van der Waals surface area contributed by atoms with Crippen molar-refractivity contribution in [3.8, 4) is 5.75 Å². The molecule has 5 rings (SSSR count). The molecule has 0 saturated carbocycles. The molecule has 1 aromatic heterocycles. The van der Waals surface area contributed by atoms with Gasteiger partial charge < -0.3 is 20.3 Å². The van der Waals surface area contributed by atoms with E-state index in [1.165, 1.54) is 15.8 Å². The van der Waals surface area contributed by atoms with Crippen LogP contribution in [0.15, 0.2) is 23.1 Å². The maximum absolute atomic E-state index is 14.4. The summed E-state index contributed by atoms with van der Waals surface area (Å²) in [6.45, 7) is 3.52. The van der Waals surface area contributed by atoms with Crippen molar-refractivity contribution in [3.63, 3.8) is 0 Å². The van der Waals surface area contributed by atoms with Crippen LogP contribution in [0.3, 0.4) is 0 Å². The zero-order chi connectivity index (χ0) is 26.1. The van der Waals surface area contributed by atoms with Crippen LogP contribution in [0.1, 0.15) is 65.6 Å². The van der Waals surface area contributed by atoms with E-state index in [4.69, 9.17) is 10.6 Å². The summed E-state index contributed by atoms with van der Waals surface area (Å²) in [5.74, 6) is -5.57. The second-order valence-corrected chi connectivity index (χ2v) is 9.83. The van der Waals surface area contributed by atoms with Crippen LogP contribution < -0.4 is 11.2 Å². The van der Waals surface area contributed by atoms with Gasteiger partial charge in [-0.2, -0.15) is 5.06 Å². The third-order valence-electron chi connectivity index (χ3n) is 7.62. The van der Waals surface area contributed by atoms with Gasteiger partial charge in [0, 0.05) is 42.5 Å². The number of aromatic nitrogens is 1. The molecule has 3 N–H and O–H groups in total. The van der Waals surface area contributed by atoms with Crippen molar-refractivity contribution in [1.29, 1.82) is 0 Å². The summed E-state index contributed by atoms with van der Waals surface area (Å²) in [5, 5.41) is 12.1. The first-order chi connectivity index (χ1) is 16.9. The van der Waals surface area contributed by atoms with E-state index in [1.54, 1.807) is 4.90 Å². The topological polar surface area (TPSA) is 118 Å². The smallest absolute Gasteiger partial charge is 0.274 e. The van der Waals surface area contributed by atoms with Crippen LogP contribution in [-0.4, -0.2) is 55.7 Å². The van der Waals surface area contributed by atoms with Gasteiger partial charge in [-0.3, -0.25) is 19.2 Å². The summed E-state index contributed by atoms with van der Waals surface area (Å²) in [7, 11) is 0. The minimum atomic E-state index is -1.05. The van der Waals surface area contributed by atoms with Gasteiger partial charge in [0.05, 0.1) is 12.6 Å². The number of carbonyl (C=O) groups is 2. The summed E-state index contributed by atoms with van der Waals surface area (Å²) < 4.78 is 43.5. The first kappa shape index (κ1) is 24.3. The standard InChI is InChI=1S/C24H25F3N4O5/c1-11-3-4-24(7-12(2)31(36-24)9-14-16(26)5-13(25)6-17(14)27)18-10-29(11)23(35)19-21(33)20(32)15(22(28)34)8-30(18)19/h5-6,8,11-12,18,33H,3-4,7,9-10H2,1-2H3,(H2,28,34)/t11-,12?,18+,24-/m0/s1. The Kier molecular flexibility index (Phi) is 5.63. The third kappa shape index (κ3) is 3.58. The summed E-state index contributed by atoms with van der Waals surface area (Å²) in [4.78, 5) is 45.6. The van der Waals surface area contributed by atoms with Crippen LogP contribution >= 0.6 is 0 Å². The molecular weight excluding hydrogens is 481 g/mol. The van der Waals surface area contributed by atoms with Crippen molar-refractivity contribution >= 4 is 11.8 Å². The predicted molar refractivity (Wildman–Crippen MR) is 119 cm³/mol. The number of aromatic hydroxyl groups is 1. The third-order valence-corrected chi connectivity index (χ3v) is 7.62. The van der Waals surface area contributed by atoms with Crippen molar-refractivity contribution in [2.45, 2.75) is 63.4 Å². The number of fused-ring (bicyclic) bond motifs is 5. The lowest BCUT2D eigenvalue weighted by molar-refractivity contribution is -0.226. The highest BCUT2D eigenvalue weighted by Gasteiger charge is 2.55. The van der Waals surface area contributed by atoms with Crippen molar-refractivity contribution < 1.29 is 32.7 Å². The molecule has 1 aromatic carbocycles. The van der Waals surface area contributed by atoms with Crippen LogP contribution in [0.2, 0.25) is 0 Å². The second kappa shape index (κ2) is 8.34. The highest BCUT2D eigenvalue weighted by Crippen LogP contribution is 2.49.